The van der Waals surface area contributed by atoms with E-state index in [4.69, 9.17) is 0 Å². The van der Waals surface area contributed by atoms with Crippen LogP contribution in [0.1, 0.15) is 30.3 Å². The molecule has 20 heavy (non-hydrogen) atoms. The van der Waals surface area contributed by atoms with E-state index in [1.807, 2.05) is 11.3 Å². The molecule has 1 nitrogen and oxygen atoms in total. The van der Waals surface area contributed by atoms with Crippen molar-refractivity contribution in [2.45, 2.75) is 26.3 Å². The van der Waals surface area contributed by atoms with Crippen molar-refractivity contribution >= 4 is 27.1 Å². The Balaban J connectivity index is 1.79. The second-order valence-electron chi connectivity index (χ2n) is 5.10. The first-order chi connectivity index (χ1) is 9.76. The lowest BCUT2D eigenvalue weighted by Crippen LogP contribution is -2.04. The number of benzene rings is 2. The van der Waals surface area contributed by atoms with Crippen molar-refractivity contribution in [3.05, 3.63) is 65.0 Å². The Morgan fingerprint density at radius 3 is 2.50 bits per heavy atom. The van der Waals surface area contributed by atoms with Crippen LogP contribution in [0.15, 0.2) is 54.6 Å². The van der Waals surface area contributed by atoms with Gasteiger partial charge in [-0.3, -0.25) is 0 Å². The molecule has 0 saturated heterocycles. The fourth-order valence-corrected chi connectivity index (χ4v) is 3.44. The fourth-order valence-electron chi connectivity index (χ4n) is 2.37. The molecule has 0 bridgehead atoms. The SMILES string of the molecule is CCc1ccc(NC(C)c2cc3ccccc3s2)cc1. The van der Waals surface area contributed by atoms with E-state index < -0.39 is 0 Å². The Kier molecular flexibility index (Phi) is 3.75. The Morgan fingerprint density at radius 2 is 1.80 bits per heavy atom. The summed E-state index contributed by atoms with van der Waals surface area (Å²) in [4.78, 5) is 1.38. The lowest BCUT2D eigenvalue weighted by molar-refractivity contribution is 0.908. The van der Waals surface area contributed by atoms with Gasteiger partial charge in [-0.25, -0.2) is 0 Å². The topological polar surface area (TPSA) is 12.0 Å². The summed E-state index contributed by atoms with van der Waals surface area (Å²) in [6, 6.07) is 19.9. The van der Waals surface area contributed by atoms with E-state index in [1.54, 1.807) is 0 Å². The third-order valence-corrected chi connectivity index (χ3v) is 4.92. The molecule has 2 heteroatoms. The number of rotatable bonds is 4. The average Bonchev–Trinajstić information content (AvgIpc) is 2.92. The second-order valence-corrected chi connectivity index (χ2v) is 6.22. The maximum Gasteiger partial charge on any atom is 0.0578 e. The van der Waals surface area contributed by atoms with Crippen molar-refractivity contribution in [1.29, 1.82) is 0 Å². The molecule has 0 saturated carbocycles. The van der Waals surface area contributed by atoms with Crippen LogP contribution in [-0.2, 0) is 6.42 Å². The molecule has 0 radical (unpaired) electrons. The molecule has 0 fully saturated rings. The summed E-state index contributed by atoms with van der Waals surface area (Å²) in [5, 5.41) is 4.92. The van der Waals surface area contributed by atoms with E-state index >= 15 is 0 Å². The minimum absolute atomic E-state index is 0.333. The summed E-state index contributed by atoms with van der Waals surface area (Å²) >= 11 is 1.87. The normalized spacial score (nSPS) is 12.5. The molecule has 1 atom stereocenters. The fraction of sp³-hybridized carbons (Fsp3) is 0.222. The summed E-state index contributed by atoms with van der Waals surface area (Å²) in [5.41, 5.74) is 2.57. The van der Waals surface area contributed by atoms with E-state index in [-0.39, 0.29) is 0 Å². The van der Waals surface area contributed by atoms with Crippen molar-refractivity contribution in [3.8, 4) is 0 Å². The minimum Gasteiger partial charge on any atom is -0.378 e. The van der Waals surface area contributed by atoms with Gasteiger partial charge in [0.1, 0.15) is 0 Å². The van der Waals surface area contributed by atoms with Gasteiger partial charge in [-0.1, -0.05) is 37.3 Å². The smallest absolute Gasteiger partial charge is 0.0578 e. The molecule has 1 heterocycles. The van der Waals surface area contributed by atoms with Gasteiger partial charge in [0.25, 0.3) is 0 Å². The monoisotopic (exact) mass is 281 g/mol. The maximum atomic E-state index is 3.58. The van der Waals surface area contributed by atoms with Gasteiger partial charge in [0.15, 0.2) is 0 Å². The Bertz CT molecular complexity index is 664. The summed E-state index contributed by atoms with van der Waals surface area (Å²) in [6.45, 7) is 4.40. The molecule has 2 aromatic carbocycles. The third-order valence-electron chi connectivity index (χ3n) is 3.62. The minimum atomic E-state index is 0.333. The molecule has 0 aliphatic carbocycles. The van der Waals surface area contributed by atoms with Crippen LogP contribution in [0, 0.1) is 0 Å². The number of anilines is 1. The van der Waals surface area contributed by atoms with E-state index in [2.05, 4.69) is 73.8 Å². The summed E-state index contributed by atoms with van der Waals surface area (Å²) in [7, 11) is 0. The first kappa shape index (κ1) is 13.2. The zero-order valence-corrected chi connectivity index (χ0v) is 12.7. The molecule has 1 aromatic heterocycles. The molecular formula is C18H19NS. The van der Waals surface area contributed by atoms with Gasteiger partial charge in [-0.2, -0.15) is 0 Å². The molecule has 0 aliphatic rings. The van der Waals surface area contributed by atoms with Crippen LogP contribution in [0.25, 0.3) is 10.1 Å². The summed E-state index contributed by atoms with van der Waals surface area (Å²) in [6.07, 6.45) is 1.09. The predicted molar refractivity (Wildman–Crippen MR) is 89.7 cm³/mol. The van der Waals surface area contributed by atoms with Gasteiger partial charge in [0.05, 0.1) is 6.04 Å². The van der Waals surface area contributed by atoms with E-state index in [0.717, 1.165) is 6.42 Å². The highest BCUT2D eigenvalue weighted by Gasteiger charge is 2.09. The van der Waals surface area contributed by atoms with Crippen LogP contribution in [0.3, 0.4) is 0 Å². The standard InChI is InChI=1S/C18H19NS/c1-3-14-8-10-16(11-9-14)19-13(2)18-12-15-6-4-5-7-17(15)20-18/h4-13,19H,3H2,1-2H3. The van der Waals surface area contributed by atoms with E-state index in [0.29, 0.717) is 6.04 Å². The number of hydrogen-bond donors (Lipinski definition) is 1. The first-order valence-corrected chi connectivity index (χ1v) is 7.92. The summed E-state index contributed by atoms with van der Waals surface area (Å²) in [5.74, 6) is 0. The number of nitrogens with one attached hydrogen (secondary N) is 1. The number of hydrogen-bond acceptors (Lipinski definition) is 2. The molecule has 102 valence electrons. The molecule has 3 rings (SSSR count). The largest absolute Gasteiger partial charge is 0.378 e. The highest BCUT2D eigenvalue weighted by Crippen LogP contribution is 2.31. The van der Waals surface area contributed by atoms with Gasteiger partial charge >= 0.3 is 0 Å². The highest BCUT2D eigenvalue weighted by molar-refractivity contribution is 7.19. The van der Waals surface area contributed by atoms with Crippen LogP contribution >= 0.6 is 11.3 Å². The lowest BCUT2D eigenvalue weighted by Gasteiger charge is -2.13. The molecule has 0 aliphatic heterocycles. The van der Waals surface area contributed by atoms with Gasteiger partial charge in [-0.05, 0) is 48.6 Å². The van der Waals surface area contributed by atoms with Crippen LogP contribution in [0.2, 0.25) is 0 Å². The van der Waals surface area contributed by atoms with E-state index in [9.17, 15) is 0 Å². The van der Waals surface area contributed by atoms with Crippen molar-refractivity contribution in [3.63, 3.8) is 0 Å². The van der Waals surface area contributed by atoms with Crippen molar-refractivity contribution < 1.29 is 0 Å². The van der Waals surface area contributed by atoms with Gasteiger partial charge < -0.3 is 5.32 Å². The third kappa shape index (κ3) is 2.70. The van der Waals surface area contributed by atoms with Crippen molar-refractivity contribution in [2.75, 3.05) is 5.32 Å². The Morgan fingerprint density at radius 1 is 1.05 bits per heavy atom. The first-order valence-electron chi connectivity index (χ1n) is 7.10. The number of aryl methyl sites for hydroxylation is 1. The van der Waals surface area contributed by atoms with Crippen molar-refractivity contribution in [1.82, 2.24) is 0 Å². The van der Waals surface area contributed by atoms with Crippen LogP contribution in [0.5, 0.6) is 0 Å². The Hall–Kier alpha value is -1.80. The Labute approximate surface area is 124 Å². The maximum absolute atomic E-state index is 3.58. The number of thiophene rings is 1. The van der Waals surface area contributed by atoms with E-state index in [1.165, 1.54) is 26.2 Å². The van der Waals surface area contributed by atoms with Crippen LogP contribution in [0.4, 0.5) is 5.69 Å². The van der Waals surface area contributed by atoms with Gasteiger partial charge in [0, 0.05) is 15.3 Å². The molecule has 0 spiro atoms. The lowest BCUT2D eigenvalue weighted by atomic mass is 10.1. The zero-order chi connectivity index (χ0) is 13.9. The predicted octanol–water partition coefficient (Wildman–Crippen LogP) is 5.64. The molecular weight excluding hydrogens is 262 g/mol. The molecule has 3 aromatic rings. The molecule has 1 unspecified atom stereocenters. The zero-order valence-electron chi connectivity index (χ0n) is 11.9. The van der Waals surface area contributed by atoms with Gasteiger partial charge in [-0.15, -0.1) is 11.3 Å². The second kappa shape index (κ2) is 5.68. The summed E-state index contributed by atoms with van der Waals surface area (Å²) < 4.78 is 1.36. The quantitative estimate of drug-likeness (QED) is 0.653. The van der Waals surface area contributed by atoms with Crippen LogP contribution in [-0.4, -0.2) is 0 Å². The molecule has 1 N–H and O–H groups in total. The van der Waals surface area contributed by atoms with Crippen LogP contribution < -0.4 is 5.32 Å². The average molecular weight is 281 g/mol. The molecule has 0 amide bonds. The highest BCUT2D eigenvalue weighted by atomic mass is 32.1. The van der Waals surface area contributed by atoms with Gasteiger partial charge in [0.2, 0.25) is 0 Å². The van der Waals surface area contributed by atoms with Crippen molar-refractivity contribution in [2.24, 2.45) is 0 Å². The number of fused-ring (bicyclic) bond motifs is 1.